The maximum Gasteiger partial charge on any atom is 0.140 e. The molecule has 2 aromatic rings. The van der Waals surface area contributed by atoms with E-state index < -0.39 is 5.82 Å². The molecule has 2 aromatic carbocycles. The molecular weight excluding hydrogens is 247 g/mol. The monoisotopic (exact) mass is 262 g/mol. The summed E-state index contributed by atoms with van der Waals surface area (Å²) in [5.41, 5.74) is 5.43. The van der Waals surface area contributed by atoms with Gasteiger partial charge in [-0.05, 0) is 61.7 Å². The molecule has 2 rings (SSSR count). The maximum absolute atomic E-state index is 13.6. The van der Waals surface area contributed by atoms with Gasteiger partial charge in [0.15, 0.2) is 0 Å². The Morgan fingerprint density at radius 3 is 2.20 bits per heavy atom. The quantitative estimate of drug-likeness (QED) is 0.626. The second kappa shape index (κ2) is 5.64. The van der Waals surface area contributed by atoms with Crippen LogP contribution in [0.15, 0.2) is 30.3 Å². The van der Waals surface area contributed by atoms with E-state index in [0.717, 1.165) is 11.1 Å². The molecule has 0 spiro atoms. The SMILES string of the molecule is C#Cc1ccc(C#Cc2cc(C)c(C)cc2C)cc1F. The zero-order valence-electron chi connectivity index (χ0n) is 11.8. The van der Waals surface area contributed by atoms with Crippen molar-refractivity contribution in [1.29, 1.82) is 0 Å². The molecule has 0 aromatic heterocycles. The Morgan fingerprint density at radius 1 is 0.850 bits per heavy atom. The van der Waals surface area contributed by atoms with Crippen LogP contribution in [0.4, 0.5) is 4.39 Å². The molecular formula is C19H15F. The number of rotatable bonds is 0. The third-order valence-electron chi connectivity index (χ3n) is 3.31. The van der Waals surface area contributed by atoms with Crippen LogP contribution in [0, 0.1) is 50.8 Å². The minimum atomic E-state index is -0.406. The van der Waals surface area contributed by atoms with Crippen molar-refractivity contribution in [2.45, 2.75) is 20.8 Å². The summed E-state index contributed by atoms with van der Waals surface area (Å²) in [5.74, 6) is 7.97. The largest absolute Gasteiger partial charge is 0.206 e. The van der Waals surface area contributed by atoms with Crippen LogP contribution in [0.5, 0.6) is 0 Å². The molecule has 0 aliphatic rings. The summed E-state index contributed by atoms with van der Waals surface area (Å²) >= 11 is 0. The normalized spacial score (nSPS) is 9.55. The smallest absolute Gasteiger partial charge is 0.140 e. The Labute approximate surface area is 119 Å². The lowest BCUT2D eigenvalue weighted by Gasteiger charge is -2.04. The van der Waals surface area contributed by atoms with E-state index in [1.807, 2.05) is 6.92 Å². The average Bonchev–Trinajstić information content (AvgIpc) is 2.41. The molecule has 20 heavy (non-hydrogen) atoms. The van der Waals surface area contributed by atoms with Crippen molar-refractivity contribution in [2.75, 3.05) is 0 Å². The zero-order chi connectivity index (χ0) is 14.7. The van der Waals surface area contributed by atoms with Crippen molar-refractivity contribution >= 4 is 0 Å². The summed E-state index contributed by atoms with van der Waals surface area (Å²) in [6, 6.07) is 8.86. The Hall–Kier alpha value is -2.51. The first-order valence-electron chi connectivity index (χ1n) is 6.37. The van der Waals surface area contributed by atoms with Crippen LogP contribution in [0.3, 0.4) is 0 Å². The zero-order valence-corrected chi connectivity index (χ0v) is 11.8. The van der Waals surface area contributed by atoms with E-state index in [1.54, 1.807) is 12.1 Å². The first-order chi connectivity index (χ1) is 9.51. The summed E-state index contributed by atoms with van der Waals surface area (Å²) < 4.78 is 13.6. The van der Waals surface area contributed by atoms with Crippen LogP contribution < -0.4 is 0 Å². The van der Waals surface area contributed by atoms with Gasteiger partial charge < -0.3 is 0 Å². The maximum atomic E-state index is 13.6. The Balaban J connectivity index is 2.39. The van der Waals surface area contributed by atoms with Gasteiger partial charge in [0.25, 0.3) is 0 Å². The first kappa shape index (κ1) is 13.9. The summed E-state index contributed by atoms with van der Waals surface area (Å²) in [6.45, 7) is 6.16. The minimum Gasteiger partial charge on any atom is -0.206 e. The molecule has 0 saturated carbocycles. The molecule has 1 heteroatoms. The fraction of sp³-hybridized carbons (Fsp3) is 0.158. The van der Waals surface area contributed by atoms with Crippen LogP contribution >= 0.6 is 0 Å². The minimum absolute atomic E-state index is 0.262. The highest BCUT2D eigenvalue weighted by Gasteiger charge is 2.01. The van der Waals surface area contributed by atoms with E-state index in [9.17, 15) is 4.39 Å². The van der Waals surface area contributed by atoms with Crippen molar-refractivity contribution in [2.24, 2.45) is 0 Å². The number of aryl methyl sites for hydroxylation is 3. The highest BCUT2D eigenvalue weighted by Crippen LogP contribution is 2.15. The summed E-state index contributed by atoms with van der Waals surface area (Å²) in [7, 11) is 0. The number of hydrogen-bond donors (Lipinski definition) is 0. The summed E-state index contributed by atoms with van der Waals surface area (Å²) in [4.78, 5) is 0. The molecule has 0 N–H and O–H groups in total. The number of benzene rings is 2. The Morgan fingerprint density at radius 2 is 1.55 bits per heavy atom. The first-order valence-corrected chi connectivity index (χ1v) is 6.37. The predicted octanol–water partition coefficient (Wildman–Crippen LogP) is 4.13. The molecule has 0 nitrogen and oxygen atoms in total. The van der Waals surface area contributed by atoms with Crippen LogP contribution in [0.2, 0.25) is 0 Å². The molecule has 98 valence electrons. The predicted molar refractivity (Wildman–Crippen MR) is 81.0 cm³/mol. The third kappa shape index (κ3) is 2.90. The van der Waals surface area contributed by atoms with Crippen LogP contribution in [0.1, 0.15) is 33.4 Å². The molecule has 0 saturated heterocycles. The van der Waals surface area contributed by atoms with E-state index in [0.29, 0.717) is 5.56 Å². The van der Waals surface area contributed by atoms with Crippen molar-refractivity contribution in [3.8, 4) is 24.2 Å². The molecule has 0 fully saturated rings. The van der Waals surface area contributed by atoms with Gasteiger partial charge in [-0.3, -0.25) is 0 Å². The van der Waals surface area contributed by atoms with Crippen molar-refractivity contribution < 1.29 is 4.39 Å². The molecule has 0 aliphatic heterocycles. The van der Waals surface area contributed by atoms with E-state index in [-0.39, 0.29) is 5.56 Å². The van der Waals surface area contributed by atoms with Gasteiger partial charge in [-0.15, -0.1) is 6.42 Å². The van der Waals surface area contributed by atoms with Gasteiger partial charge in [0.1, 0.15) is 5.82 Å². The van der Waals surface area contributed by atoms with Gasteiger partial charge in [0.05, 0.1) is 5.56 Å². The molecule has 0 radical (unpaired) electrons. The summed E-state index contributed by atoms with van der Waals surface area (Å²) in [6.07, 6.45) is 5.19. The van der Waals surface area contributed by atoms with Gasteiger partial charge in [-0.2, -0.15) is 0 Å². The van der Waals surface area contributed by atoms with Gasteiger partial charge in [-0.1, -0.05) is 23.8 Å². The van der Waals surface area contributed by atoms with E-state index in [1.165, 1.54) is 17.2 Å². The second-order valence-electron chi connectivity index (χ2n) is 4.84. The number of halogens is 1. The Bertz CT molecular complexity index is 765. The fourth-order valence-electron chi connectivity index (χ4n) is 1.94. The topological polar surface area (TPSA) is 0 Å². The average molecular weight is 262 g/mol. The molecule has 0 unspecified atom stereocenters. The fourth-order valence-corrected chi connectivity index (χ4v) is 1.94. The van der Waals surface area contributed by atoms with Gasteiger partial charge in [-0.25, -0.2) is 4.39 Å². The highest BCUT2D eigenvalue weighted by atomic mass is 19.1. The van der Waals surface area contributed by atoms with Gasteiger partial charge >= 0.3 is 0 Å². The second-order valence-corrected chi connectivity index (χ2v) is 4.84. The highest BCUT2D eigenvalue weighted by molar-refractivity contribution is 5.50. The molecule has 0 atom stereocenters. The van der Waals surface area contributed by atoms with E-state index in [4.69, 9.17) is 6.42 Å². The van der Waals surface area contributed by atoms with Gasteiger partial charge in [0.2, 0.25) is 0 Å². The number of terminal acetylenes is 1. The van der Waals surface area contributed by atoms with Crippen molar-refractivity contribution in [3.63, 3.8) is 0 Å². The van der Waals surface area contributed by atoms with Crippen LogP contribution in [0.25, 0.3) is 0 Å². The van der Waals surface area contributed by atoms with Crippen LogP contribution in [-0.4, -0.2) is 0 Å². The molecule has 0 amide bonds. The standard InChI is InChI=1S/C19H15F/c1-5-17-8-6-16(12-19(17)20)7-9-18-11-14(3)13(2)10-15(18)4/h1,6,8,10-12H,2-4H3. The lowest BCUT2D eigenvalue weighted by molar-refractivity contribution is 0.624. The van der Waals surface area contributed by atoms with Crippen molar-refractivity contribution in [3.05, 3.63) is 69.5 Å². The van der Waals surface area contributed by atoms with E-state index >= 15 is 0 Å². The molecule has 0 heterocycles. The van der Waals surface area contributed by atoms with Crippen molar-refractivity contribution in [1.82, 2.24) is 0 Å². The lowest BCUT2D eigenvalue weighted by Crippen LogP contribution is -1.89. The Kier molecular flexibility index (Phi) is 3.92. The van der Waals surface area contributed by atoms with Gasteiger partial charge in [0, 0.05) is 11.1 Å². The van der Waals surface area contributed by atoms with Crippen LogP contribution in [-0.2, 0) is 0 Å². The lowest BCUT2D eigenvalue weighted by atomic mass is 10.0. The molecule has 0 bridgehead atoms. The number of hydrogen-bond acceptors (Lipinski definition) is 0. The molecule has 0 aliphatic carbocycles. The van der Waals surface area contributed by atoms with E-state index in [2.05, 4.69) is 43.7 Å². The third-order valence-corrected chi connectivity index (χ3v) is 3.31. The summed E-state index contributed by atoms with van der Waals surface area (Å²) in [5, 5.41) is 0.